The molecule has 1 atom stereocenters. The second-order valence-corrected chi connectivity index (χ2v) is 6.24. The zero-order valence-corrected chi connectivity index (χ0v) is 12.1. The molecular weight excluding hydrogens is 222 g/mol. The minimum Gasteiger partial charge on any atom is -0.381 e. The fraction of sp³-hybridized carbons (Fsp3) is 1.00. The highest BCUT2D eigenvalue weighted by atomic mass is 16.5. The van der Waals surface area contributed by atoms with Crippen LogP contribution in [0.3, 0.4) is 0 Å². The molecule has 1 saturated carbocycles. The Kier molecular flexibility index (Phi) is 6.50. The Hall–Kier alpha value is -0.0800. The Balaban J connectivity index is 1.75. The van der Waals surface area contributed by atoms with Crippen LogP contribution in [0, 0.1) is 11.8 Å². The van der Waals surface area contributed by atoms with Gasteiger partial charge in [-0.25, -0.2) is 0 Å². The molecule has 0 radical (unpaired) electrons. The molecular formula is C16H31NO. The van der Waals surface area contributed by atoms with Gasteiger partial charge in [0.2, 0.25) is 0 Å². The first-order valence-corrected chi connectivity index (χ1v) is 8.21. The van der Waals surface area contributed by atoms with Crippen molar-refractivity contribution in [1.29, 1.82) is 0 Å². The lowest BCUT2D eigenvalue weighted by atomic mass is 9.86. The molecule has 2 nitrogen and oxygen atoms in total. The van der Waals surface area contributed by atoms with E-state index in [1.807, 2.05) is 0 Å². The molecule has 1 unspecified atom stereocenters. The molecule has 1 saturated heterocycles. The summed E-state index contributed by atoms with van der Waals surface area (Å²) in [7, 11) is 0. The monoisotopic (exact) mass is 253 g/mol. The molecule has 0 spiro atoms. The molecule has 0 aromatic carbocycles. The van der Waals surface area contributed by atoms with E-state index in [2.05, 4.69) is 12.2 Å². The third kappa shape index (κ3) is 4.55. The van der Waals surface area contributed by atoms with Gasteiger partial charge in [-0.1, -0.05) is 32.6 Å². The van der Waals surface area contributed by atoms with E-state index < -0.39 is 0 Å². The van der Waals surface area contributed by atoms with Gasteiger partial charge in [0.25, 0.3) is 0 Å². The van der Waals surface area contributed by atoms with E-state index in [0.29, 0.717) is 0 Å². The smallest absolute Gasteiger partial charge is 0.0469 e. The van der Waals surface area contributed by atoms with E-state index in [0.717, 1.165) is 31.1 Å². The van der Waals surface area contributed by atoms with Gasteiger partial charge in [-0.05, 0) is 50.5 Å². The second kappa shape index (κ2) is 8.16. The van der Waals surface area contributed by atoms with Gasteiger partial charge >= 0.3 is 0 Å². The van der Waals surface area contributed by atoms with Crippen LogP contribution < -0.4 is 5.32 Å². The van der Waals surface area contributed by atoms with E-state index in [1.165, 1.54) is 64.3 Å². The summed E-state index contributed by atoms with van der Waals surface area (Å²) >= 11 is 0. The molecule has 0 amide bonds. The molecule has 1 heterocycles. The predicted octanol–water partition coefficient (Wildman–Crippen LogP) is 3.75. The highest BCUT2D eigenvalue weighted by molar-refractivity contribution is 4.80. The fourth-order valence-corrected chi connectivity index (χ4v) is 3.67. The van der Waals surface area contributed by atoms with Crippen LogP contribution >= 0.6 is 0 Å². The molecule has 0 bridgehead atoms. The Morgan fingerprint density at radius 2 is 1.83 bits per heavy atom. The zero-order chi connectivity index (χ0) is 12.6. The molecule has 18 heavy (non-hydrogen) atoms. The maximum Gasteiger partial charge on any atom is 0.0469 e. The van der Waals surface area contributed by atoms with Crippen molar-refractivity contribution in [2.45, 2.75) is 70.8 Å². The Labute approximate surface area is 113 Å². The van der Waals surface area contributed by atoms with Crippen molar-refractivity contribution < 1.29 is 4.74 Å². The summed E-state index contributed by atoms with van der Waals surface area (Å²) in [5.41, 5.74) is 0. The van der Waals surface area contributed by atoms with Crippen LogP contribution in [0.5, 0.6) is 0 Å². The highest BCUT2D eigenvalue weighted by Crippen LogP contribution is 2.31. The maximum absolute atomic E-state index is 5.50. The minimum absolute atomic E-state index is 0.759. The molecule has 1 aliphatic carbocycles. The van der Waals surface area contributed by atoms with Crippen molar-refractivity contribution >= 4 is 0 Å². The normalized spacial score (nSPS) is 24.5. The van der Waals surface area contributed by atoms with Crippen molar-refractivity contribution in [2.75, 3.05) is 19.8 Å². The second-order valence-electron chi connectivity index (χ2n) is 6.24. The molecule has 2 fully saturated rings. The predicted molar refractivity (Wildman–Crippen MR) is 76.8 cm³/mol. The molecule has 2 aliphatic rings. The minimum atomic E-state index is 0.759. The summed E-state index contributed by atoms with van der Waals surface area (Å²) in [4.78, 5) is 0. The standard InChI is InChI=1S/C16H31NO/c1-2-11-17-16(15-9-12-18-13-10-15)8-7-14-5-3-4-6-14/h14-17H,2-13H2,1H3. The van der Waals surface area contributed by atoms with Gasteiger partial charge in [0, 0.05) is 19.3 Å². The van der Waals surface area contributed by atoms with Gasteiger partial charge in [0.1, 0.15) is 0 Å². The van der Waals surface area contributed by atoms with Crippen LogP contribution in [0.15, 0.2) is 0 Å². The molecule has 2 heteroatoms. The average molecular weight is 253 g/mol. The Morgan fingerprint density at radius 1 is 1.11 bits per heavy atom. The van der Waals surface area contributed by atoms with Crippen LogP contribution in [0.4, 0.5) is 0 Å². The van der Waals surface area contributed by atoms with E-state index in [9.17, 15) is 0 Å². The zero-order valence-electron chi connectivity index (χ0n) is 12.1. The largest absolute Gasteiger partial charge is 0.381 e. The third-order valence-corrected chi connectivity index (χ3v) is 4.85. The van der Waals surface area contributed by atoms with E-state index >= 15 is 0 Å². The van der Waals surface area contributed by atoms with Crippen LogP contribution in [-0.4, -0.2) is 25.8 Å². The molecule has 106 valence electrons. The summed E-state index contributed by atoms with van der Waals surface area (Å²) in [6.07, 6.45) is 12.6. The number of rotatable bonds is 7. The van der Waals surface area contributed by atoms with Crippen molar-refractivity contribution in [3.05, 3.63) is 0 Å². The third-order valence-electron chi connectivity index (χ3n) is 4.85. The van der Waals surface area contributed by atoms with Gasteiger partial charge < -0.3 is 10.1 Å². The van der Waals surface area contributed by atoms with Gasteiger partial charge in [0.05, 0.1) is 0 Å². The lowest BCUT2D eigenvalue weighted by molar-refractivity contribution is 0.0517. The first-order valence-electron chi connectivity index (χ1n) is 8.21. The quantitative estimate of drug-likeness (QED) is 0.746. The van der Waals surface area contributed by atoms with Crippen molar-refractivity contribution in [3.63, 3.8) is 0 Å². The summed E-state index contributed by atoms with van der Waals surface area (Å²) in [6.45, 7) is 5.43. The highest BCUT2D eigenvalue weighted by Gasteiger charge is 2.25. The summed E-state index contributed by atoms with van der Waals surface area (Å²) in [6, 6.07) is 0.759. The first kappa shape index (κ1) is 14.3. The lowest BCUT2D eigenvalue weighted by Crippen LogP contribution is -2.39. The van der Waals surface area contributed by atoms with E-state index in [1.54, 1.807) is 0 Å². The van der Waals surface area contributed by atoms with Gasteiger partial charge in [-0.3, -0.25) is 0 Å². The average Bonchev–Trinajstić information content (AvgIpc) is 2.93. The van der Waals surface area contributed by atoms with Crippen LogP contribution in [0.25, 0.3) is 0 Å². The van der Waals surface area contributed by atoms with Crippen LogP contribution in [0.1, 0.15) is 64.7 Å². The summed E-state index contributed by atoms with van der Waals surface area (Å²) < 4.78 is 5.50. The molecule has 0 aromatic heterocycles. The van der Waals surface area contributed by atoms with E-state index in [4.69, 9.17) is 4.74 Å². The van der Waals surface area contributed by atoms with E-state index in [-0.39, 0.29) is 0 Å². The van der Waals surface area contributed by atoms with Crippen molar-refractivity contribution in [3.8, 4) is 0 Å². The lowest BCUT2D eigenvalue weighted by Gasteiger charge is -2.32. The molecule has 1 N–H and O–H groups in total. The van der Waals surface area contributed by atoms with Crippen molar-refractivity contribution in [1.82, 2.24) is 5.32 Å². The van der Waals surface area contributed by atoms with Crippen molar-refractivity contribution in [2.24, 2.45) is 11.8 Å². The molecule has 2 rings (SSSR count). The van der Waals surface area contributed by atoms with Gasteiger partial charge in [-0.2, -0.15) is 0 Å². The Bertz CT molecular complexity index is 207. The molecule has 0 aromatic rings. The summed E-state index contributed by atoms with van der Waals surface area (Å²) in [5, 5.41) is 3.81. The summed E-state index contributed by atoms with van der Waals surface area (Å²) in [5.74, 6) is 1.91. The number of ether oxygens (including phenoxy) is 1. The van der Waals surface area contributed by atoms with Gasteiger partial charge in [-0.15, -0.1) is 0 Å². The number of hydrogen-bond acceptors (Lipinski definition) is 2. The van der Waals surface area contributed by atoms with Crippen LogP contribution in [0.2, 0.25) is 0 Å². The first-order chi connectivity index (χ1) is 8.90. The fourth-order valence-electron chi connectivity index (χ4n) is 3.67. The molecule has 1 aliphatic heterocycles. The number of nitrogens with one attached hydrogen (secondary N) is 1. The topological polar surface area (TPSA) is 21.3 Å². The maximum atomic E-state index is 5.50. The van der Waals surface area contributed by atoms with Gasteiger partial charge in [0.15, 0.2) is 0 Å². The number of hydrogen-bond donors (Lipinski definition) is 1. The SMILES string of the molecule is CCCNC(CCC1CCCC1)C1CCOCC1. The van der Waals surface area contributed by atoms with Crippen LogP contribution in [-0.2, 0) is 4.74 Å². The Morgan fingerprint density at radius 3 is 2.50 bits per heavy atom.